The van der Waals surface area contributed by atoms with Crippen LogP contribution in [-0.2, 0) is 3.79 Å². The summed E-state index contributed by atoms with van der Waals surface area (Å²) in [5, 5.41) is 0. The fraction of sp³-hybridized carbons (Fsp3) is 0.0769. The first-order valence-electron chi connectivity index (χ1n) is 5.10. The number of hydrogen-bond acceptors (Lipinski definition) is 2. The predicted molar refractivity (Wildman–Crippen MR) is 83.5 cm³/mol. The Morgan fingerprint density at radius 3 is 2.17 bits per heavy atom. The molecule has 2 aromatic carbocycles. The summed E-state index contributed by atoms with van der Waals surface area (Å²) in [4.78, 5) is 2.74. The van der Waals surface area contributed by atoms with Gasteiger partial charge in [-0.05, 0) is 18.2 Å². The molecular weight excluding hydrogens is 327 g/mol. The Bertz CT molecular complexity index is 536. The van der Waals surface area contributed by atoms with E-state index >= 15 is 0 Å². The van der Waals surface area contributed by atoms with Crippen LogP contribution in [0.4, 0.5) is 0 Å². The van der Waals surface area contributed by atoms with Gasteiger partial charge in [0.15, 0.2) is 0 Å². The van der Waals surface area contributed by atoms with Crippen LogP contribution in [0.15, 0.2) is 63.2 Å². The Labute approximate surface area is 131 Å². The molecule has 0 aliphatic heterocycles. The second kappa shape index (κ2) is 5.98. The van der Waals surface area contributed by atoms with Gasteiger partial charge in [0.1, 0.15) is 0 Å². The first-order chi connectivity index (χ1) is 8.48. The van der Waals surface area contributed by atoms with Crippen molar-refractivity contribution in [1.82, 2.24) is 0 Å². The molecule has 0 atom stereocenters. The van der Waals surface area contributed by atoms with Crippen molar-refractivity contribution in [2.45, 2.75) is 18.5 Å². The van der Waals surface area contributed by atoms with Crippen LogP contribution >= 0.6 is 59.2 Å². The number of alkyl halides is 3. The van der Waals surface area contributed by atoms with E-state index in [4.69, 9.17) is 34.8 Å². The topological polar surface area (TPSA) is 0 Å². The van der Waals surface area contributed by atoms with Gasteiger partial charge in [-0.2, -0.15) is 0 Å². The molecule has 0 saturated heterocycles. The maximum absolute atomic E-state index is 5.99. The van der Waals surface area contributed by atoms with E-state index < -0.39 is 3.79 Å². The molecule has 0 amide bonds. The quantitative estimate of drug-likeness (QED) is 0.522. The van der Waals surface area contributed by atoms with Crippen molar-refractivity contribution >= 4 is 59.2 Å². The molecule has 2 rings (SSSR count). The molecule has 18 heavy (non-hydrogen) atoms. The zero-order valence-corrected chi connectivity index (χ0v) is 13.1. The van der Waals surface area contributed by atoms with Crippen molar-refractivity contribution in [3.05, 3.63) is 54.1 Å². The van der Waals surface area contributed by atoms with E-state index in [0.29, 0.717) is 5.56 Å². The lowest BCUT2D eigenvalue weighted by molar-refractivity contribution is 1.08. The molecule has 0 nitrogen and oxygen atoms in total. The monoisotopic (exact) mass is 334 g/mol. The highest BCUT2D eigenvalue weighted by atomic mass is 35.6. The first-order valence-corrected chi connectivity index (χ1v) is 7.50. The van der Waals surface area contributed by atoms with Crippen LogP contribution in [0, 0.1) is 0 Å². The summed E-state index contributed by atoms with van der Waals surface area (Å²) in [7, 11) is 0. The minimum absolute atomic E-state index is 0.647. The maximum Gasteiger partial charge on any atom is 0.217 e. The van der Waals surface area contributed by atoms with Crippen LogP contribution in [0.3, 0.4) is 0 Å². The molecule has 0 bridgehead atoms. The van der Waals surface area contributed by atoms with Gasteiger partial charge in [-0.25, -0.2) is 0 Å². The van der Waals surface area contributed by atoms with Crippen molar-refractivity contribution in [3.63, 3.8) is 0 Å². The third kappa shape index (κ3) is 3.52. The van der Waals surface area contributed by atoms with E-state index in [0.717, 1.165) is 14.7 Å². The van der Waals surface area contributed by atoms with Gasteiger partial charge >= 0.3 is 0 Å². The van der Waals surface area contributed by atoms with Crippen LogP contribution in [0.2, 0.25) is 0 Å². The average Bonchev–Trinajstić information content (AvgIpc) is 2.32. The van der Waals surface area contributed by atoms with Crippen molar-refractivity contribution in [1.29, 1.82) is 0 Å². The lowest BCUT2D eigenvalue weighted by Gasteiger charge is -2.17. The highest BCUT2D eigenvalue weighted by Gasteiger charge is 2.27. The van der Waals surface area contributed by atoms with Gasteiger partial charge in [-0.3, -0.25) is 0 Å². The Kier molecular flexibility index (Phi) is 4.79. The highest BCUT2D eigenvalue weighted by molar-refractivity contribution is 7.99. The van der Waals surface area contributed by atoms with E-state index in [9.17, 15) is 0 Å². The van der Waals surface area contributed by atoms with Crippen molar-refractivity contribution < 1.29 is 0 Å². The summed E-state index contributed by atoms with van der Waals surface area (Å²) in [6.45, 7) is 0. The normalized spacial score (nSPS) is 11.6. The van der Waals surface area contributed by atoms with Crippen molar-refractivity contribution in [2.75, 3.05) is 0 Å². The van der Waals surface area contributed by atoms with Crippen LogP contribution in [0.5, 0.6) is 0 Å². The van der Waals surface area contributed by atoms with E-state index in [2.05, 4.69) is 12.6 Å². The van der Waals surface area contributed by atoms with Crippen molar-refractivity contribution in [3.8, 4) is 0 Å². The van der Waals surface area contributed by atoms with E-state index in [-0.39, 0.29) is 0 Å². The fourth-order valence-corrected chi connectivity index (χ4v) is 3.48. The summed E-state index contributed by atoms with van der Waals surface area (Å²) >= 11 is 23.9. The molecule has 2 aromatic rings. The van der Waals surface area contributed by atoms with Gasteiger partial charge < -0.3 is 0 Å². The summed E-state index contributed by atoms with van der Waals surface area (Å²) < 4.78 is -1.45. The van der Waals surface area contributed by atoms with Gasteiger partial charge in [-0.1, -0.05) is 76.9 Å². The SMILES string of the molecule is Sc1cccc(C(Cl)(Cl)Cl)c1Sc1ccccc1. The Morgan fingerprint density at radius 1 is 0.889 bits per heavy atom. The fourth-order valence-electron chi connectivity index (χ4n) is 1.46. The molecule has 0 aliphatic carbocycles. The van der Waals surface area contributed by atoms with Gasteiger partial charge in [0.2, 0.25) is 3.79 Å². The predicted octanol–water partition coefficient (Wildman–Crippen LogP) is 5.95. The Hall–Kier alpha value is 0.01000. The lowest BCUT2D eigenvalue weighted by Crippen LogP contribution is -2.02. The molecule has 0 saturated carbocycles. The maximum atomic E-state index is 5.99. The molecular formula is C13H9Cl3S2. The van der Waals surface area contributed by atoms with E-state index in [1.807, 2.05) is 42.5 Å². The molecule has 94 valence electrons. The minimum Gasteiger partial charge on any atom is -0.142 e. The Balaban J connectivity index is 2.44. The van der Waals surface area contributed by atoms with Crippen molar-refractivity contribution in [2.24, 2.45) is 0 Å². The van der Waals surface area contributed by atoms with Gasteiger partial charge in [0.25, 0.3) is 0 Å². The molecule has 0 aliphatic rings. The summed E-state index contributed by atoms with van der Waals surface area (Å²) in [5.74, 6) is 0. The molecule has 0 N–H and O–H groups in total. The number of benzene rings is 2. The van der Waals surface area contributed by atoms with E-state index in [1.54, 1.807) is 6.07 Å². The lowest BCUT2D eigenvalue weighted by atomic mass is 10.2. The second-order valence-electron chi connectivity index (χ2n) is 3.57. The molecule has 0 aromatic heterocycles. The van der Waals surface area contributed by atoms with Crippen LogP contribution < -0.4 is 0 Å². The minimum atomic E-state index is -1.45. The van der Waals surface area contributed by atoms with Crippen LogP contribution in [0.1, 0.15) is 5.56 Å². The molecule has 0 unspecified atom stereocenters. The zero-order chi connectivity index (χ0) is 13.2. The highest BCUT2D eigenvalue weighted by Crippen LogP contribution is 2.46. The zero-order valence-electron chi connectivity index (χ0n) is 9.11. The summed E-state index contributed by atoms with van der Waals surface area (Å²) in [6.07, 6.45) is 0. The smallest absolute Gasteiger partial charge is 0.142 e. The van der Waals surface area contributed by atoms with Crippen LogP contribution in [0.25, 0.3) is 0 Å². The standard InChI is InChI=1S/C13H9Cl3S2/c14-13(15,16)10-7-4-8-11(17)12(10)18-9-5-2-1-3-6-9/h1-8,17H. The largest absolute Gasteiger partial charge is 0.217 e. The van der Waals surface area contributed by atoms with Gasteiger partial charge in [-0.15, -0.1) is 12.6 Å². The second-order valence-corrected chi connectivity index (χ2v) is 7.41. The molecule has 0 spiro atoms. The summed E-state index contributed by atoms with van der Waals surface area (Å²) in [5.41, 5.74) is 0.647. The molecule has 5 heteroatoms. The number of hydrogen-bond donors (Lipinski definition) is 1. The van der Waals surface area contributed by atoms with Gasteiger partial charge in [0, 0.05) is 20.2 Å². The third-order valence-electron chi connectivity index (χ3n) is 2.26. The first kappa shape index (κ1) is 14.4. The Morgan fingerprint density at radius 2 is 1.56 bits per heavy atom. The molecule has 0 heterocycles. The van der Waals surface area contributed by atoms with Crippen LogP contribution in [-0.4, -0.2) is 0 Å². The molecule has 0 fully saturated rings. The average molecular weight is 336 g/mol. The van der Waals surface area contributed by atoms with Gasteiger partial charge in [0.05, 0.1) is 0 Å². The third-order valence-corrected chi connectivity index (χ3v) is 4.55. The van der Waals surface area contributed by atoms with E-state index in [1.165, 1.54) is 11.8 Å². The number of rotatable bonds is 2. The number of thiol groups is 1. The summed E-state index contributed by atoms with van der Waals surface area (Å²) in [6, 6.07) is 15.4. The molecule has 0 radical (unpaired) electrons. The number of halogens is 3.